The highest BCUT2D eigenvalue weighted by atomic mass is 127. The van der Waals surface area contributed by atoms with E-state index in [1.54, 1.807) is 0 Å². The van der Waals surface area contributed by atoms with Crippen LogP contribution >= 0.6 is 0 Å². The minimum Gasteiger partial charge on any atom is -1.00 e. The Morgan fingerprint density at radius 2 is 2.00 bits per heavy atom. The number of nitrogens with zero attached hydrogens (tertiary/aromatic N) is 1. The highest BCUT2D eigenvalue weighted by Crippen LogP contribution is 2.01. The van der Waals surface area contributed by atoms with Crippen molar-refractivity contribution in [2.45, 2.75) is 6.42 Å². The van der Waals surface area contributed by atoms with Crippen molar-refractivity contribution in [2.75, 3.05) is 33.7 Å². The molecule has 3 nitrogen and oxygen atoms in total. The van der Waals surface area contributed by atoms with E-state index < -0.39 is 0 Å². The van der Waals surface area contributed by atoms with E-state index in [9.17, 15) is 4.79 Å². The van der Waals surface area contributed by atoms with Crippen molar-refractivity contribution in [2.24, 2.45) is 0 Å². The van der Waals surface area contributed by atoms with Gasteiger partial charge in [-0.3, -0.25) is 4.79 Å². The summed E-state index contributed by atoms with van der Waals surface area (Å²) in [6.07, 6.45) is 0.674. The maximum atomic E-state index is 10.8. The van der Waals surface area contributed by atoms with Gasteiger partial charge < -0.3 is 33.8 Å². The molecule has 0 radical (unpaired) electrons. The van der Waals surface area contributed by atoms with E-state index in [0.717, 1.165) is 24.1 Å². The summed E-state index contributed by atoms with van der Waals surface area (Å²) in [5.41, 5.74) is 0. The Morgan fingerprint density at radius 3 is 2.64 bits per heavy atom. The van der Waals surface area contributed by atoms with E-state index in [1.807, 2.05) is 0 Å². The van der Waals surface area contributed by atoms with Gasteiger partial charge >= 0.3 is 0 Å². The van der Waals surface area contributed by atoms with Crippen molar-refractivity contribution in [1.82, 2.24) is 5.32 Å². The fourth-order valence-electron chi connectivity index (χ4n) is 1.10. The number of hydrogen-bond donors (Lipinski definition) is 1. The molecule has 0 aromatic heterocycles. The SMILES string of the molecule is C[N+]1(C)CCNC(=O)CC1.[I-]. The van der Waals surface area contributed by atoms with Crippen LogP contribution in [-0.4, -0.2) is 44.1 Å². The zero-order chi connectivity index (χ0) is 7.61. The van der Waals surface area contributed by atoms with Crippen LogP contribution in [0.4, 0.5) is 0 Å². The van der Waals surface area contributed by atoms with Crippen molar-refractivity contribution < 1.29 is 33.3 Å². The third-order valence-electron chi connectivity index (χ3n) is 1.98. The first-order chi connectivity index (χ1) is 4.60. The molecule has 0 unspecified atom stereocenters. The van der Waals surface area contributed by atoms with Gasteiger partial charge in [0.15, 0.2) is 0 Å². The summed E-state index contributed by atoms with van der Waals surface area (Å²) in [4.78, 5) is 10.8. The third-order valence-corrected chi connectivity index (χ3v) is 1.98. The van der Waals surface area contributed by atoms with Crippen LogP contribution in [0.1, 0.15) is 6.42 Å². The van der Waals surface area contributed by atoms with E-state index in [0.29, 0.717) is 6.42 Å². The van der Waals surface area contributed by atoms with Crippen molar-refractivity contribution >= 4 is 5.91 Å². The highest BCUT2D eigenvalue weighted by Gasteiger charge is 2.20. The van der Waals surface area contributed by atoms with E-state index in [4.69, 9.17) is 0 Å². The van der Waals surface area contributed by atoms with Gasteiger partial charge in [0.1, 0.15) is 0 Å². The molecule has 1 aliphatic heterocycles. The van der Waals surface area contributed by atoms with Gasteiger partial charge in [0.2, 0.25) is 5.91 Å². The molecule has 11 heavy (non-hydrogen) atoms. The lowest BCUT2D eigenvalue weighted by Gasteiger charge is -2.26. The lowest BCUT2D eigenvalue weighted by molar-refractivity contribution is -0.887. The number of rotatable bonds is 0. The number of quaternary nitrogens is 1. The monoisotopic (exact) mass is 270 g/mol. The normalized spacial score (nSPS) is 22.9. The van der Waals surface area contributed by atoms with Crippen LogP contribution in [0, 0.1) is 0 Å². The molecule has 66 valence electrons. The number of amides is 1. The zero-order valence-corrected chi connectivity index (χ0v) is 9.22. The molecular weight excluding hydrogens is 255 g/mol. The highest BCUT2D eigenvalue weighted by molar-refractivity contribution is 5.76. The summed E-state index contributed by atoms with van der Waals surface area (Å²) in [7, 11) is 4.31. The Morgan fingerprint density at radius 1 is 1.36 bits per heavy atom. The molecule has 1 fully saturated rings. The van der Waals surface area contributed by atoms with Crippen LogP contribution in [-0.2, 0) is 4.79 Å². The van der Waals surface area contributed by atoms with Crippen molar-refractivity contribution in [1.29, 1.82) is 0 Å². The Kier molecular flexibility index (Phi) is 4.31. The molecule has 1 aliphatic rings. The molecule has 0 spiro atoms. The number of halogens is 1. The van der Waals surface area contributed by atoms with Crippen LogP contribution < -0.4 is 29.3 Å². The smallest absolute Gasteiger partial charge is 0.225 e. The number of likely N-dealkylation sites (N-methyl/N-ethyl adjacent to an activating group) is 1. The van der Waals surface area contributed by atoms with Gasteiger partial charge in [0.05, 0.1) is 40.2 Å². The topological polar surface area (TPSA) is 29.1 Å². The second kappa shape index (κ2) is 4.25. The van der Waals surface area contributed by atoms with E-state index in [2.05, 4.69) is 19.4 Å². The second-order valence-electron chi connectivity index (χ2n) is 3.48. The van der Waals surface area contributed by atoms with E-state index in [-0.39, 0.29) is 29.9 Å². The maximum Gasteiger partial charge on any atom is 0.225 e. The fourth-order valence-corrected chi connectivity index (χ4v) is 1.10. The Hall–Kier alpha value is 0.160. The van der Waals surface area contributed by atoms with Gasteiger partial charge in [-0.25, -0.2) is 0 Å². The summed E-state index contributed by atoms with van der Waals surface area (Å²) in [5, 5.41) is 2.85. The maximum absolute atomic E-state index is 10.8. The average Bonchev–Trinajstić information content (AvgIpc) is 1.94. The summed E-state index contributed by atoms with van der Waals surface area (Å²) >= 11 is 0. The molecule has 1 rings (SSSR count). The van der Waals surface area contributed by atoms with Gasteiger partial charge in [-0.2, -0.15) is 0 Å². The van der Waals surface area contributed by atoms with Crippen molar-refractivity contribution in [3.05, 3.63) is 0 Å². The fraction of sp³-hybridized carbons (Fsp3) is 0.857. The summed E-state index contributed by atoms with van der Waals surface area (Å²) < 4.78 is 0.957. The summed E-state index contributed by atoms with van der Waals surface area (Å²) in [5.74, 6) is 0.198. The summed E-state index contributed by atoms with van der Waals surface area (Å²) in [6.45, 7) is 2.84. The Labute approximate surface area is 84.7 Å². The Balaban J connectivity index is 0.000001000. The van der Waals surface area contributed by atoms with Crippen LogP contribution in [0.5, 0.6) is 0 Å². The lowest BCUT2D eigenvalue weighted by Crippen LogP contribution is -3.00. The number of nitrogens with one attached hydrogen (secondary N) is 1. The summed E-state index contributed by atoms with van der Waals surface area (Å²) in [6, 6.07) is 0. The molecule has 0 atom stereocenters. The van der Waals surface area contributed by atoms with Gasteiger partial charge in [0, 0.05) is 0 Å². The zero-order valence-electron chi connectivity index (χ0n) is 7.06. The molecule has 0 saturated carbocycles. The Bertz CT molecular complexity index is 147. The van der Waals surface area contributed by atoms with E-state index in [1.165, 1.54) is 0 Å². The molecule has 1 saturated heterocycles. The molecule has 0 aromatic carbocycles. The molecule has 1 N–H and O–H groups in total. The number of carbonyl (C=O) groups is 1. The minimum atomic E-state index is 0. The standard InChI is InChI=1S/C7H14N2O.HI/c1-9(2)5-3-7(10)8-4-6-9;/h3-6H2,1-2H3;1H. The first kappa shape index (κ1) is 11.2. The first-order valence-electron chi connectivity index (χ1n) is 3.69. The van der Waals surface area contributed by atoms with Crippen LogP contribution in [0.3, 0.4) is 0 Å². The van der Waals surface area contributed by atoms with Gasteiger partial charge in [0.25, 0.3) is 0 Å². The molecule has 0 aliphatic carbocycles. The van der Waals surface area contributed by atoms with Gasteiger partial charge in [-0.1, -0.05) is 0 Å². The number of carbonyl (C=O) groups excluding carboxylic acids is 1. The van der Waals surface area contributed by atoms with Gasteiger partial charge in [-0.05, 0) is 0 Å². The minimum absolute atomic E-state index is 0. The first-order valence-corrected chi connectivity index (χ1v) is 3.69. The van der Waals surface area contributed by atoms with E-state index >= 15 is 0 Å². The van der Waals surface area contributed by atoms with Crippen molar-refractivity contribution in [3.8, 4) is 0 Å². The van der Waals surface area contributed by atoms with Crippen LogP contribution in [0.25, 0.3) is 0 Å². The number of hydrogen-bond acceptors (Lipinski definition) is 1. The van der Waals surface area contributed by atoms with Gasteiger partial charge in [-0.15, -0.1) is 0 Å². The molecular formula is C7H15IN2O. The quantitative estimate of drug-likeness (QED) is 0.361. The van der Waals surface area contributed by atoms with Crippen LogP contribution in [0.15, 0.2) is 0 Å². The molecule has 4 heteroatoms. The molecule has 0 bridgehead atoms. The lowest BCUT2D eigenvalue weighted by atomic mass is 10.3. The molecule has 0 aromatic rings. The van der Waals surface area contributed by atoms with Crippen LogP contribution in [0.2, 0.25) is 0 Å². The predicted molar refractivity (Wildman–Crippen MR) is 39.5 cm³/mol. The largest absolute Gasteiger partial charge is 1.00 e. The van der Waals surface area contributed by atoms with Crippen molar-refractivity contribution in [3.63, 3.8) is 0 Å². The third kappa shape index (κ3) is 3.91. The average molecular weight is 270 g/mol. The predicted octanol–water partition coefficient (Wildman–Crippen LogP) is -3.41. The second-order valence-corrected chi connectivity index (χ2v) is 3.48. The molecule has 1 heterocycles. The molecule has 1 amide bonds.